The molecule has 2 heteroatoms. The number of rotatable bonds is 5. The second-order valence-corrected chi connectivity index (χ2v) is 15.3. The van der Waals surface area contributed by atoms with Crippen molar-refractivity contribution in [1.82, 2.24) is 0 Å². The van der Waals surface area contributed by atoms with Crippen LogP contribution in [-0.4, -0.2) is 0 Å². The monoisotopic (exact) mass is 703 g/mol. The lowest BCUT2D eigenvalue weighted by Crippen LogP contribution is -2.15. The van der Waals surface area contributed by atoms with E-state index in [9.17, 15) is 0 Å². The summed E-state index contributed by atoms with van der Waals surface area (Å²) in [5.41, 5.74) is 15.3. The number of fused-ring (bicyclic) bond motifs is 9. The molecule has 0 saturated carbocycles. The zero-order valence-electron chi connectivity index (χ0n) is 30.8. The van der Waals surface area contributed by atoms with Gasteiger partial charge in [-0.25, -0.2) is 0 Å². The minimum absolute atomic E-state index is 0.0595. The van der Waals surface area contributed by atoms with Gasteiger partial charge in [0.1, 0.15) is 11.2 Å². The van der Waals surface area contributed by atoms with E-state index in [2.05, 4.69) is 195 Å². The lowest BCUT2D eigenvalue weighted by atomic mass is 9.82. The summed E-state index contributed by atoms with van der Waals surface area (Å²) in [6.07, 6.45) is 0. The number of hydrogen-bond donors (Lipinski definition) is 0. The van der Waals surface area contributed by atoms with Gasteiger partial charge in [0.25, 0.3) is 0 Å². The van der Waals surface area contributed by atoms with E-state index in [1.54, 1.807) is 0 Å². The van der Waals surface area contributed by atoms with E-state index >= 15 is 0 Å². The Bertz CT molecular complexity index is 3130. The standard InChI is InChI=1S/C53H37NO/c1-53(2)48-16-8-5-14-44(48)47-33-41(27-30-49(47)53)54(50-17-9-6-13-42(50)38-20-19-34-11-3-4-12-36(34)31-38)40-25-21-35(22-26-40)37-23-28-43-39(32-37)24-29-46-45-15-7-10-18-51(45)55-52(43)46/h3-33H,1-2H3. The third-order valence-electron chi connectivity index (χ3n) is 11.8. The Labute approximate surface area is 320 Å². The fourth-order valence-electron chi connectivity index (χ4n) is 9.04. The molecule has 0 N–H and O–H groups in total. The molecule has 1 aromatic heterocycles. The molecule has 0 atom stereocenters. The average Bonchev–Trinajstić information content (AvgIpc) is 3.73. The van der Waals surface area contributed by atoms with Crippen LogP contribution in [0.4, 0.5) is 17.1 Å². The van der Waals surface area contributed by atoms with Gasteiger partial charge in [0.15, 0.2) is 0 Å². The largest absolute Gasteiger partial charge is 0.455 e. The van der Waals surface area contributed by atoms with Crippen LogP contribution < -0.4 is 4.90 Å². The fraction of sp³-hybridized carbons (Fsp3) is 0.0566. The second kappa shape index (κ2) is 12.1. The number of para-hydroxylation sites is 2. The average molecular weight is 704 g/mol. The molecule has 1 aliphatic rings. The van der Waals surface area contributed by atoms with E-state index in [4.69, 9.17) is 4.42 Å². The summed E-state index contributed by atoms with van der Waals surface area (Å²) in [4.78, 5) is 2.43. The lowest BCUT2D eigenvalue weighted by molar-refractivity contribution is 0.660. The normalized spacial score (nSPS) is 13.1. The molecule has 0 amide bonds. The minimum Gasteiger partial charge on any atom is -0.455 e. The van der Waals surface area contributed by atoms with Gasteiger partial charge >= 0.3 is 0 Å². The number of benzene rings is 9. The third-order valence-corrected chi connectivity index (χ3v) is 11.8. The fourth-order valence-corrected chi connectivity index (χ4v) is 9.04. The van der Waals surface area contributed by atoms with Gasteiger partial charge in [-0.3, -0.25) is 0 Å². The Morgan fingerprint density at radius 1 is 0.400 bits per heavy atom. The summed E-state index contributed by atoms with van der Waals surface area (Å²) in [6, 6.07) is 68.6. The first-order valence-electron chi connectivity index (χ1n) is 19.1. The summed E-state index contributed by atoms with van der Waals surface area (Å²) < 4.78 is 6.35. The molecule has 260 valence electrons. The number of nitrogens with zero attached hydrogens (tertiary/aromatic N) is 1. The van der Waals surface area contributed by atoms with Crippen molar-refractivity contribution in [2.45, 2.75) is 19.3 Å². The van der Waals surface area contributed by atoms with Gasteiger partial charge in [-0.05, 0) is 116 Å². The molecule has 0 bridgehead atoms. The highest BCUT2D eigenvalue weighted by molar-refractivity contribution is 6.15. The Morgan fingerprint density at radius 3 is 1.93 bits per heavy atom. The van der Waals surface area contributed by atoms with Crippen molar-refractivity contribution in [3.8, 4) is 33.4 Å². The summed E-state index contributed by atoms with van der Waals surface area (Å²) in [6.45, 7) is 4.68. The van der Waals surface area contributed by atoms with E-state index in [0.29, 0.717) is 0 Å². The van der Waals surface area contributed by atoms with Crippen molar-refractivity contribution in [2.24, 2.45) is 0 Å². The molecule has 2 nitrogen and oxygen atoms in total. The van der Waals surface area contributed by atoms with Gasteiger partial charge in [-0.15, -0.1) is 0 Å². The first-order valence-corrected chi connectivity index (χ1v) is 19.1. The molecule has 0 fully saturated rings. The number of hydrogen-bond acceptors (Lipinski definition) is 2. The molecule has 0 radical (unpaired) electrons. The van der Waals surface area contributed by atoms with Crippen LogP contribution in [0.5, 0.6) is 0 Å². The van der Waals surface area contributed by atoms with Crippen molar-refractivity contribution in [2.75, 3.05) is 4.90 Å². The maximum Gasteiger partial charge on any atom is 0.143 e. The number of furan rings is 1. The summed E-state index contributed by atoms with van der Waals surface area (Å²) in [7, 11) is 0. The zero-order valence-corrected chi connectivity index (χ0v) is 30.8. The Balaban J connectivity index is 1.05. The molecule has 0 aliphatic heterocycles. The molecule has 0 spiro atoms. The van der Waals surface area contributed by atoms with E-state index in [1.165, 1.54) is 60.7 Å². The summed E-state index contributed by atoms with van der Waals surface area (Å²) in [5.74, 6) is 0. The number of anilines is 3. The maximum atomic E-state index is 6.35. The first kappa shape index (κ1) is 31.6. The molecular formula is C53H37NO. The van der Waals surface area contributed by atoms with Gasteiger partial charge in [-0.2, -0.15) is 0 Å². The lowest BCUT2D eigenvalue weighted by Gasteiger charge is -2.29. The van der Waals surface area contributed by atoms with Crippen LogP contribution in [0.25, 0.3) is 76.9 Å². The van der Waals surface area contributed by atoms with Gasteiger partial charge in [-0.1, -0.05) is 141 Å². The Morgan fingerprint density at radius 2 is 1.04 bits per heavy atom. The summed E-state index contributed by atoms with van der Waals surface area (Å²) >= 11 is 0. The van der Waals surface area contributed by atoms with Crippen molar-refractivity contribution in [3.63, 3.8) is 0 Å². The molecule has 11 rings (SSSR count). The van der Waals surface area contributed by atoms with Gasteiger partial charge in [0, 0.05) is 38.5 Å². The molecule has 0 saturated heterocycles. The second-order valence-electron chi connectivity index (χ2n) is 15.3. The smallest absolute Gasteiger partial charge is 0.143 e. The van der Waals surface area contributed by atoms with E-state index in [-0.39, 0.29) is 5.41 Å². The topological polar surface area (TPSA) is 16.4 Å². The highest BCUT2D eigenvalue weighted by atomic mass is 16.3. The molecule has 0 unspecified atom stereocenters. The third kappa shape index (κ3) is 4.95. The maximum absolute atomic E-state index is 6.35. The molecule has 10 aromatic rings. The Kier molecular flexibility index (Phi) is 6.93. The summed E-state index contributed by atoms with van der Waals surface area (Å²) in [5, 5.41) is 7.09. The quantitative estimate of drug-likeness (QED) is 0.177. The predicted octanol–water partition coefficient (Wildman–Crippen LogP) is 15.0. The molecule has 55 heavy (non-hydrogen) atoms. The van der Waals surface area contributed by atoms with Crippen LogP contribution in [0.15, 0.2) is 192 Å². The molecular weight excluding hydrogens is 667 g/mol. The van der Waals surface area contributed by atoms with Crippen molar-refractivity contribution in [3.05, 3.63) is 199 Å². The van der Waals surface area contributed by atoms with Gasteiger partial charge in [0.2, 0.25) is 0 Å². The Hall–Kier alpha value is -6.90. The predicted molar refractivity (Wildman–Crippen MR) is 232 cm³/mol. The van der Waals surface area contributed by atoms with Crippen LogP contribution in [0.3, 0.4) is 0 Å². The van der Waals surface area contributed by atoms with Crippen molar-refractivity contribution < 1.29 is 4.42 Å². The highest BCUT2D eigenvalue weighted by Crippen LogP contribution is 2.51. The molecule has 9 aromatic carbocycles. The molecule has 1 heterocycles. The minimum atomic E-state index is -0.0595. The van der Waals surface area contributed by atoms with Crippen molar-refractivity contribution in [1.29, 1.82) is 0 Å². The van der Waals surface area contributed by atoms with Crippen LogP contribution in [-0.2, 0) is 5.41 Å². The van der Waals surface area contributed by atoms with E-state index in [1.807, 2.05) is 12.1 Å². The molecule has 1 aliphatic carbocycles. The van der Waals surface area contributed by atoms with E-state index in [0.717, 1.165) is 44.4 Å². The first-order chi connectivity index (χ1) is 27.0. The highest BCUT2D eigenvalue weighted by Gasteiger charge is 2.35. The van der Waals surface area contributed by atoms with Crippen LogP contribution in [0.1, 0.15) is 25.0 Å². The SMILES string of the molecule is CC1(C)c2ccccc2-c2cc(N(c3ccc(-c4ccc5c(ccc6c7ccccc7oc56)c4)cc3)c3ccccc3-c3ccc4ccccc4c3)ccc21. The zero-order chi connectivity index (χ0) is 36.7. The van der Waals surface area contributed by atoms with Gasteiger partial charge < -0.3 is 9.32 Å². The van der Waals surface area contributed by atoms with Crippen LogP contribution in [0.2, 0.25) is 0 Å². The van der Waals surface area contributed by atoms with E-state index < -0.39 is 0 Å². The van der Waals surface area contributed by atoms with Crippen molar-refractivity contribution >= 4 is 60.5 Å². The van der Waals surface area contributed by atoms with Gasteiger partial charge in [0.05, 0.1) is 5.69 Å². The van der Waals surface area contributed by atoms with Crippen LogP contribution in [0, 0.1) is 0 Å². The van der Waals surface area contributed by atoms with Crippen LogP contribution >= 0.6 is 0 Å².